The van der Waals surface area contributed by atoms with E-state index in [1.165, 1.54) is 0 Å². The van der Waals surface area contributed by atoms with Crippen molar-refractivity contribution >= 4 is 21.6 Å². The summed E-state index contributed by atoms with van der Waals surface area (Å²) in [6.45, 7) is 3.99. The standard InChI is InChI=1S/C26H31N3O4S/c1-18-10-11-19(2)25(16-18)34(31,32)28-21-14-12-20(13-15-21)26(30)27-17-23(29(3)4)22-8-6-7-9-24(22)33-5/h6-16,23,28H,17H2,1-5H3,(H,27,30)/t23-/m1/s1. The molecule has 0 aliphatic carbocycles. The summed E-state index contributed by atoms with van der Waals surface area (Å²) in [5.74, 6) is 0.515. The maximum Gasteiger partial charge on any atom is 0.262 e. The number of nitrogens with zero attached hydrogens (tertiary/aromatic N) is 1. The van der Waals surface area contributed by atoms with E-state index in [4.69, 9.17) is 4.74 Å². The lowest BCUT2D eigenvalue weighted by atomic mass is 10.0. The van der Waals surface area contributed by atoms with E-state index in [-0.39, 0.29) is 16.8 Å². The number of carbonyl (C=O) groups is 1. The van der Waals surface area contributed by atoms with Crippen molar-refractivity contribution in [1.29, 1.82) is 0 Å². The number of para-hydroxylation sites is 1. The molecule has 0 aliphatic rings. The Bertz CT molecular complexity index is 1260. The minimum Gasteiger partial charge on any atom is -0.496 e. The van der Waals surface area contributed by atoms with Crippen LogP contribution in [0.2, 0.25) is 0 Å². The van der Waals surface area contributed by atoms with Gasteiger partial charge in [-0.3, -0.25) is 9.52 Å². The third-order valence-corrected chi connectivity index (χ3v) is 7.13. The lowest BCUT2D eigenvalue weighted by Crippen LogP contribution is -2.34. The van der Waals surface area contributed by atoms with E-state index in [9.17, 15) is 13.2 Å². The molecule has 2 N–H and O–H groups in total. The Balaban J connectivity index is 1.69. The van der Waals surface area contributed by atoms with Crippen molar-refractivity contribution in [3.63, 3.8) is 0 Å². The molecule has 0 aliphatic heterocycles. The second kappa shape index (κ2) is 10.7. The van der Waals surface area contributed by atoms with Crippen LogP contribution in [0.3, 0.4) is 0 Å². The number of likely N-dealkylation sites (N-methyl/N-ethyl adjacent to an activating group) is 1. The molecule has 0 bridgehead atoms. The monoisotopic (exact) mass is 481 g/mol. The normalized spacial score (nSPS) is 12.3. The maximum atomic E-state index is 12.8. The SMILES string of the molecule is COc1ccccc1[C@@H](CNC(=O)c1ccc(NS(=O)(=O)c2cc(C)ccc2C)cc1)N(C)C. The van der Waals surface area contributed by atoms with E-state index in [0.717, 1.165) is 16.9 Å². The number of benzene rings is 3. The van der Waals surface area contributed by atoms with Crippen molar-refractivity contribution in [3.8, 4) is 5.75 Å². The first-order valence-electron chi connectivity index (χ1n) is 10.9. The molecule has 0 spiro atoms. The predicted molar refractivity (Wildman–Crippen MR) is 135 cm³/mol. The molecule has 0 unspecified atom stereocenters. The molecule has 3 aromatic rings. The molecule has 0 radical (unpaired) electrons. The Morgan fingerprint density at radius 2 is 1.68 bits per heavy atom. The van der Waals surface area contributed by atoms with E-state index in [1.54, 1.807) is 50.4 Å². The number of aryl methyl sites for hydroxylation is 2. The minimum absolute atomic E-state index is 0.0799. The molecule has 1 amide bonds. The van der Waals surface area contributed by atoms with Gasteiger partial charge in [-0.1, -0.05) is 30.3 Å². The van der Waals surface area contributed by atoms with Crippen molar-refractivity contribution in [1.82, 2.24) is 10.2 Å². The smallest absolute Gasteiger partial charge is 0.262 e. The molecule has 0 heterocycles. The average molecular weight is 482 g/mol. The van der Waals surface area contributed by atoms with Crippen molar-refractivity contribution < 1.29 is 17.9 Å². The third-order valence-electron chi connectivity index (χ3n) is 5.61. The predicted octanol–water partition coefficient (Wildman–Crippen LogP) is 4.15. The molecule has 180 valence electrons. The number of hydrogen-bond donors (Lipinski definition) is 2. The van der Waals surface area contributed by atoms with Crippen molar-refractivity contribution in [2.24, 2.45) is 0 Å². The van der Waals surface area contributed by atoms with Gasteiger partial charge in [0, 0.05) is 23.4 Å². The van der Waals surface area contributed by atoms with Gasteiger partial charge in [-0.2, -0.15) is 0 Å². The number of amides is 1. The minimum atomic E-state index is -3.74. The van der Waals surface area contributed by atoms with Crippen LogP contribution in [0.4, 0.5) is 5.69 Å². The van der Waals surface area contributed by atoms with E-state index in [1.807, 2.05) is 56.3 Å². The molecule has 0 aromatic heterocycles. The van der Waals surface area contributed by atoms with Gasteiger partial charge in [0.1, 0.15) is 5.75 Å². The molecular formula is C26H31N3O4S. The van der Waals surface area contributed by atoms with Gasteiger partial charge in [0.25, 0.3) is 15.9 Å². The van der Waals surface area contributed by atoms with Gasteiger partial charge in [-0.15, -0.1) is 0 Å². The second-order valence-corrected chi connectivity index (χ2v) is 10.0. The van der Waals surface area contributed by atoms with E-state index >= 15 is 0 Å². The lowest BCUT2D eigenvalue weighted by molar-refractivity contribution is 0.0941. The summed E-state index contributed by atoms with van der Waals surface area (Å²) in [7, 11) is 1.78. The van der Waals surface area contributed by atoms with Crippen molar-refractivity contribution in [3.05, 3.63) is 89.0 Å². The highest BCUT2D eigenvalue weighted by molar-refractivity contribution is 7.92. The highest BCUT2D eigenvalue weighted by Crippen LogP contribution is 2.27. The molecular weight excluding hydrogens is 450 g/mol. The van der Waals surface area contributed by atoms with Crippen LogP contribution in [0, 0.1) is 13.8 Å². The van der Waals surface area contributed by atoms with Crippen LogP contribution in [0.1, 0.15) is 33.1 Å². The number of carbonyl (C=O) groups excluding carboxylic acids is 1. The Labute approximate surface area is 201 Å². The van der Waals surface area contributed by atoms with Gasteiger partial charge in [0.05, 0.1) is 18.0 Å². The van der Waals surface area contributed by atoms with Gasteiger partial charge < -0.3 is 15.0 Å². The first-order chi connectivity index (χ1) is 16.1. The van der Waals surface area contributed by atoms with Crippen LogP contribution in [-0.2, 0) is 10.0 Å². The zero-order valence-corrected chi connectivity index (χ0v) is 20.9. The number of ether oxygens (including phenoxy) is 1. The molecule has 3 aromatic carbocycles. The zero-order valence-electron chi connectivity index (χ0n) is 20.1. The molecule has 0 saturated carbocycles. The fraction of sp³-hybridized carbons (Fsp3) is 0.269. The Morgan fingerprint density at radius 1 is 1.00 bits per heavy atom. The van der Waals surface area contributed by atoms with E-state index in [0.29, 0.717) is 23.4 Å². The highest BCUT2D eigenvalue weighted by atomic mass is 32.2. The number of rotatable bonds is 9. The van der Waals surface area contributed by atoms with Gasteiger partial charge in [-0.25, -0.2) is 8.42 Å². The summed E-state index contributed by atoms with van der Waals surface area (Å²) >= 11 is 0. The number of methoxy groups -OCH3 is 1. The molecule has 0 saturated heterocycles. The van der Waals surface area contributed by atoms with Crippen molar-refractivity contribution in [2.45, 2.75) is 24.8 Å². The summed E-state index contributed by atoms with van der Waals surface area (Å²) in [5, 5.41) is 2.96. The van der Waals surface area contributed by atoms with Crippen LogP contribution in [-0.4, -0.2) is 47.0 Å². The van der Waals surface area contributed by atoms with Gasteiger partial charge in [0.2, 0.25) is 0 Å². The van der Waals surface area contributed by atoms with Crippen LogP contribution in [0.25, 0.3) is 0 Å². The number of anilines is 1. The summed E-state index contributed by atoms with van der Waals surface area (Å²) in [4.78, 5) is 15.0. The van der Waals surface area contributed by atoms with Crippen molar-refractivity contribution in [2.75, 3.05) is 32.5 Å². The first kappa shape index (κ1) is 25.3. The topological polar surface area (TPSA) is 87.7 Å². The molecule has 3 rings (SSSR count). The second-order valence-electron chi connectivity index (χ2n) is 8.38. The molecule has 8 heteroatoms. The quantitative estimate of drug-likeness (QED) is 0.480. The largest absolute Gasteiger partial charge is 0.496 e. The van der Waals surface area contributed by atoms with Gasteiger partial charge in [-0.05, 0) is 75.5 Å². The van der Waals surface area contributed by atoms with Crippen LogP contribution >= 0.6 is 0 Å². The number of sulfonamides is 1. The lowest BCUT2D eigenvalue weighted by Gasteiger charge is -2.26. The van der Waals surface area contributed by atoms with Crippen LogP contribution in [0.15, 0.2) is 71.6 Å². The zero-order chi connectivity index (χ0) is 24.9. The Kier molecular flexibility index (Phi) is 7.96. The Hall–Kier alpha value is -3.36. The highest BCUT2D eigenvalue weighted by Gasteiger charge is 2.20. The summed E-state index contributed by atoms with van der Waals surface area (Å²) in [6.07, 6.45) is 0. The average Bonchev–Trinajstić information content (AvgIpc) is 2.81. The summed E-state index contributed by atoms with van der Waals surface area (Å²) < 4.78 is 33.7. The van der Waals surface area contributed by atoms with Crippen LogP contribution < -0.4 is 14.8 Å². The summed E-state index contributed by atoms with van der Waals surface area (Å²) in [5.41, 5.74) is 3.33. The van der Waals surface area contributed by atoms with Gasteiger partial charge in [0.15, 0.2) is 0 Å². The van der Waals surface area contributed by atoms with E-state index in [2.05, 4.69) is 10.0 Å². The molecule has 7 nitrogen and oxygen atoms in total. The molecule has 1 atom stereocenters. The fourth-order valence-electron chi connectivity index (χ4n) is 3.70. The summed E-state index contributed by atoms with van der Waals surface area (Å²) in [6, 6.07) is 19.3. The molecule has 34 heavy (non-hydrogen) atoms. The van der Waals surface area contributed by atoms with E-state index < -0.39 is 10.0 Å². The number of nitrogens with one attached hydrogen (secondary N) is 2. The fourth-order valence-corrected chi connectivity index (χ4v) is 5.09. The van der Waals surface area contributed by atoms with Gasteiger partial charge >= 0.3 is 0 Å². The number of hydrogen-bond acceptors (Lipinski definition) is 5. The Morgan fingerprint density at radius 3 is 2.32 bits per heavy atom. The van der Waals surface area contributed by atoms with Crippen LogP contribution in [0.5, 0.6) is 5.75 Å². The maximum absolute atomic E-state index is 12.8. The molecule has 0 fully saturated rings. The third kappa shape index (κ3) is 5.95. The first-order valence-corrected chi connectivity index (χ1v) is 12.4.